The van der Waals surface area contributed by atoms with Crippen molar-refractivity contribution in [1.29, 1.82) is 0 Å². The van der Waals surface area contributed by atoms with Gasteiger partial charge in [-0.15, -0.1) is 0 Å². The van der Waals surface area contributed by atoms with Crippen LogP contribution >= 0.6 is 15.9 Å². The molecule has 0 saturated heterocycles. The van der Waals surface area contributed by atoms with Crippen LogP contribution < -0.4 is 5.73 Å². The smallest absolute Gasteiger partial charge is 0.0462 e. The largest absolute Gasteiger partial charge is 0.398 e. The summed E-state index contributed by atoms with van der Waals surface area (Å²) in [4.78, 5) is 2.37. The number of nitrogen functional groups attached to an aromatic ring is 1. The standard InChI is InChI=1S/C12H17BrN2/c1-12(2)6-8-4-5-10(14)11(13)9(8)7-15(12)3/h4-5H,6-7,14H2,1-3H3. The molecule has 0 fully saturated rings. The number of halogens is 1. The molecule has 2 rings (SSSR count). The zero-order valence-electron chi connectivity index (χ0n) is 9.47. The molecule has 0 aliphatic carbocycles. The van der Waals surface area contributed by atoms with Crippen molar-refractivity contribution in [1.82, 2.24) is 4.90 Å². The number of hydrogen-bond donors (Lipinski definition) is 1. The summed E-state index contributed by atoms with van der Waals surface area (Å²) in [6.07, 6.45) is 1.08. The highest BCUT2D eigenvalue weighted by Crippen LogP contribution is 2.35. The second-order valence-electron chi connectivity index (χ2n) is 4.95. The van der Waals surface area contributed by atoms with Crippen molar-refractivity contribution >= 4 is 21.6 Å². The van der Waals surface area contributed by atoms with E-state index in [1.807, 2.05) is 6.07 Å². The molecule has 2 N–H and O–H groups in total. The molecule has 3 heteroatoms. The van der Waals surface area contributed by atoms with Crippen molar-refractivity contribution in [3.05, 3.63) is 27.7 Å². The Kier molecular flexibility index (Phi) is 2.55. The lowest BCUT2D eigenvalue weighted by Gasteiger charge is -2.41. The molecule has 1 aliphatic heterocycles. The number of likely N-dealkylation sites (N-methyl/N-ethyl adjacent to an activating group) is 1. The minimum atomic E-state index is 0.239. The number of anilines is 1. The second-order valence-corrected chi connectivity index (χ2v) is 5.74. The first-order valence-corrected chi connectivity index (χ1v) is 5.98. The van der Waals surface area contributed by atoms with E-state index in [9.17, 15) is 0 Å². The number of rotatable bonds is 0. The first kappa shape index (κ1) is 11.0. The molecule has 0 radical (unpaired) electrons. The highest BCUT2D eigenvalue weighted by molar-refractivity contribution is 9.10. The van der Waals surface area contributed by atoms with Gasteiger partial charge in [-0.1, -0.05) is 6.07 Å². The van der Waals surface area contributed by atoms with Crippen LogP contribution in [0.5, 0.6) is 0 Å². The fraction of sp³-hybridized carbons (Fsp3) is 0.500. The van der Waals surface area contributed by atoms with E-state index in [2.05, 4.69) is 47.8 Å². The predicted octanol–water partition coefficient (Wildman–Crippen LogP) is 2.80. The summed E-state index contributed by atoms with van der Waals surface area (Å²) in [5, 5.41) is 0. The van der Waals surface area contributed by atoms with Crippen molar-refractivity contribution in [2.45, 2.75) is 32.4 Å². The fourth-order valence-electron chi connectivity index (χ4n) is 2.07. The quantitative estimate of drug-likeness (QED) is 0.734. The highest BCUT2D eigenvalue weighted by Gasteiger charge is 2.31. The summed E-state index contributed by atoms with van der Waals surface area (Å²) >= 11 is 3.58. The van der Waals surface area contributed by atoms with Gasteiger partial charge in [0.05, 0.1) is 0 Å². The van der Waals surface area contributed by atoms with Gasteiger partial charge in [-0.05, 0) is 60.4 Å². The second kappa shape index (κ2) is 3.49. The van der Waals surface area contributed by atoms with Crippen LogP contribution in [0.3, 0.4) is 0 Å². The monoisotopic (exact) mass is 268 g/mol. The lowest BCUT2D eigenvalue weighted by molar-refractivity contribution is 0.132. The molecular formula is C12H17BrN2. The Morgan fingerprint density at radius 2 is 2.07 bits per heavy atom. The third-order valence-electron chi connectivity index (χ3n) is 3.42. The molecule has 0 spiro atoms. The number of hydrogen-bond acceptors (Lipinski definition) is 2. The Bertz CT molecular complexity index is 399. The van der Waals surface area contributed by atoms with Crippen LogP contribution in [-0.4, -0.2) is 17.5 Å². The maximum atomic E-state index is 5.89. The Morgan fingerprint density at radius 3 is 2.73 bits per heavy atom. The van der Waals surface area contributed by atoms with E-state index in [4.69, 9.17) is 5.73 Å². The van der Waals surface area contributed by atoms with Crippen LogP contribution in [-0.2, 0) is 13.0 Å². The Balaban J connectivity index is 2.50. The van der Waals surface area contributed by atoms with E-state index in [1.165, 1.54) is 11.1 Å². The fourth-order valence-corrected chi connectivity index (χ4v) is 2.58. The van der Waals surface area contributed by atoms with Crippen molar-refractivity contribution in [2.24, 2.45) is 0 Å². The van der Waals surface area contributed by atoms with Crippen molar-refractivity contribution < 1.29 is 0 Å². The van der Waals surface area contributed by atoms with Crippen molar-refractivity contribution in [2.75, 3.05) is 12.8 Å². The molecule has 2 nitrogen and oxygen atoms in total. The molecule has 0 bridgehead atoms. The summed E-state index contributed by atoms with van der Waals surface area (Å²) in [5.74, 6) is 0. The zero-order valence-corrected chi connectivity index (χ0v) is 11.1. The molecular weight excluding hydrogens is 252 g/mol. The normalized spacial score (nSPS) is 20.0. The van der Waals surface area contributed by atoms with Gasteiger partial charge in [-0.3, -0.25) is 4.90 Å². The van der Waals surface area contributed by atoms with Crippen LogP contribution in [0.1, 0.15) is 25.0 Å². The van der Waals surface area contributed by atoms with Crippen LogP contribution in [0.15, 0.2) is 16.6 Å². The summed E-state index contributed by atoms with van der Waals surface area (Å²) in [5.41, 5.74) is 9.73. The van der Waals surface area contributed by atoms with Gasteiger partial charge < -0.3 is 5.73 Å². The van der Waals surface area contributed by atoms with E-state index in [0.29, 0.717) is 0 Å². The minimum absolute atomic E-state index is 0.239. The van der Waals surface area contributed by atoms with Crippen molar-refractivity contribution in [3.8, 4) is 0 Å². The summed E-state index contributed by atoms with van der Waals surface area (Å²) in [6.45, 7) is 5.52. The molecule has 82 valence electrons. The molecule has 0 atom stereocenters. The number of nitrogens with zero attached hydrogens (tertiary/aromatic N) is 1. The summed E-state index contributed by atoms with van der Waals surface area (Å²) in [6, 6.07) is 4.15. The van der Waals surface area contributed by atoms with Gasteiger partial charge >= 0.3 is 0 Å². The van der Waals surface area contributed by atoms with Gasteiger partial charge in [0.2, 0.25) is 0 Å². The number of benzene rings is 1. The highest BCUT2D eigenvalue weighted by atomic mass is 79.9. The third-order valence-corrected chi connectivity index (χ3v) is 4.36. The van der Waals surface area contributed by atoms with E-state index in [0.717, 1.165) is 23.1 Å². The van der Waals surface area contributed by atoms with Crippen LogP contribution in [0.2, 0.25) is 0 Å². The molecule has 1 aliphatic rings. The lowest BCUT2D eigenvalue weighted by atomic mass is 9.86. The topological polar surface area (TPSA) is 29.3 Å². The van der Waals surface area contributed by atoms with Gasteiger partial charge in [-0.25, -0.2) is 0 Å². The minimum Gasteiger partial charge on any atom is -0.398 e. The average Bonchev–Trinajstić information content (AvgIpc) is 2.15. The zero-order chi connectivity index (χ0) is 11.2. The van der Waals surface area contributed by atoms with Gasteiger partial charge in [0, 0.05) is 22.2 Å². The summed E-state index contributed by atoms with van der Waals surface area (Å²) in [7, 11) is 2.17. The predicted molar refractivity (Wildman–Crippen MR) is 67.8 cm³/mol. The Hall–Kier alpha value is -0.540. The van der Waals surface area contributed by atoms with Crippen LogP contribution in [0.25, 0.3) is 0 Å². The number of nitrogens with two attached hydrogens (primary N) is 1. The SMILES string of the molecule is CN1Cc2c(ccc(N)c2Br)CC1(C)C. The van der Waals surface area contributed by atoms with E-state index in [1.54, 1.807) is 0 Å². The van der Waals surface area contributed by atoms with Crippen molar-refractivity contribution in [3.63, 3.8) is 0 Å². The molecule has 1 aromatic carbocycles. The first-order valence-electron chi connectivity index (χ1n) is 5.19. The Morgan fingerprint density at radius 1 is 1.40 bits per heavy atom. The van der Waals surface area contributed by atoms with E-state index in [-0.39, 0.29) is 5.54 Å². The lowest BCUT2D eigenvalue weighted by Crippen LogP contribution is -2.46. The molecule has 0 saturated carbocycles. The molecule has 1 heterocycles. The molecule has 1 aromatic rings. The molecule has 0 amide bonds. The van der Waals surface area contributed by atoms with Crippen LogP contribution in [0, 0.1) is 0 Å². The third kappa shape index (κ3) is 1.79. The number of fused-ring (bicyclic) bond motifs is 1. The molecule has 0 unspecified atom stereocenters. The molecule has 15 heavy (non-hydrogen) atoms. The van der Waals surface area contributed by atoms with Gasteiger partial charge in [-0.2, -0.15) is 0 Å². The van der Waals surface area contributed by atoms with Crippen LogP contribution in [0.4, 0.5) is 5.69 Å². The van der Waals surface area contributed by atoms with E-state index >= 15 is 0 Å². The Labute approximate surface area is 99.6 Å². The first-order chi connectivity index (χ1) is 6.92. The maximum Gasteiger partial charge on any atom is 0.0462 e. The maximum absolute atomic E-state index is 5.89. The van der Waals surface area contributed by atoms with Gasteiger partial charge in [0.1, 0.15) is 0 Å². The van der Waals surface area contributed by atoms with Gasteiger partial charge in [0.25, 0.3) is 0 Å². The van der Waals surface area contributed by atoms with E-state index < -0.39 is 0 Å². The molecule has 0 aromatic heterocycles. The average molecular weight is 269 g/mol. The summed E-state index contributed by atoms with van der Waals surface area (Å²) < 4.78 is 1.07. The van der Waals surface area contributed by atoms with Gasteiger partial charge in [0.15, 0.2) is 0 Å².